The fourth-order valence-electron chi connectivity index (χ4n) is 2.70. The van der Waals surface area contributed by atoms with Crippen molar-refractivity contribution in [1.29, 1.82) is 0 Å². The molecule has 0 radical (unpaired) electrons. The molecule has 9 heteroatoms. The number of nitrogens with zero attached hydrogens (tertiary/aromatic N) is 1. The van der Waals surface area contributed by atoms with Crippen LogP contribution in [0.2, 0.25) is 0 Å². The van der Waals surface area contributed by atoms with Crippen LogP contribution in [-0.4, -0.2) is 57.1 Å². The maximum atomic E-state index is 12.9. The van der Waals surface area contributed by atoms with Crippen molar-refractivity contribution in [3.63, 3.8) is 0 Å². The van der Waals surface area contributed by atoms with Gasteiger partial charge in [0, 0.05) is 13.1 Å². The second-order valence-corrected chi connectivity index (χ2v) is 7.51. The summed E-state index contributed by atoms with van der Waals surface area (Å²) in [5.41, 5.74) is 0.0684. The van der Waals surface area contributed by atoms with Crippen molar-refractivity contribution in [3.05, 3.63) is 23.8 Å². The molecule has 0 amide bonds. The molecule has 0 spiro atoms. The van der Waals surface area contributed by atoms with E-state index in [4.69, 9.17) is 4.74 Å². The molecule has 24 heavy (non-hydrogen) atoms. The van der Waals surface area contributed by atoms with Crippen LogP contribution in [0.3, 0.4) is 0 Å². The minimum absolute atomic E-state index is 0.0684. The first kappa shape index (κ1) is 18.2. The van der Waals surface area contributed by atoms with E-state index in [0.717, 1.165) is 4.31 Å². The van der Waals surface area contributed by atoms with Crippen LogP contribution >= 0.6 is 0 Å². The average molecular weight is 357 g/mol. The lowest BCUT2D eigenvalue weighted by Gasteiger charge is -2.18. The number of carbonyl (C=O) groups is 2. The van der Waals surface area contributed by atoms with Gasteiger partial charge in [-0.25, -0.2) is 13.2 Å². The Kier molecular flexibility index (Phi) is 5.14. The van der Waals surface area contributed by atoms with E-state index in [-0.39, 0.29) is 35.2 Å². The van der Waals surface area contributed by atoms with Crippen molar-refractivity contribution in [2.75, 3.05) is 27.3 Å². The molecule has 2 atom stereocenters. The van der Waals surface area contributed by atoms with E-state index in [1.54, 1.807) is 6.92 Å². The van der Waals surface area contributed by atoms with Crippen molar-refractivity contribution < 1.29 is 32.6 Å². The van der Waals surface area contributed by atoms with Crippen LogP contribution in [0.5, 0.6) is 5.75 Å². The summed E-state index contributed by atoms with van der Waals surface area (Å²) in [6, 6.07) is 3.95. The highest BCUT2D eigenvalue weighted by atomic mass is 32.2. The van der Waals surface area contributed by atoms with Gasteiger partial charge in [-0.1, -0.05) is 6.92 Å². The number of ether oxygens (including phenoxy) is 2. The molecule has 1 saturated heterocycles. The molecule has 1 heterocycles. The number of aliphatic carboxylic acids is 1. The van der Waals surface area contributed by atoms with Gasteiger partial charge in [-0.05, 0) is 24.1 Å². The molecule has 1 N–H and O–H groups in total. The maximum absolute atomic E-state index is 12.9. The van der Waals surface area contributed by atoms with E-state index >= 15 is 0 Å². The van der Waals surface area contributed by atoms with Gasteiger partial charge in [0.1, 0.15) is 10.6 Å². The van der Waals surface area contributed by atoms with Gasteiger partial charge in [-0.15, -0.1) is 0 Å². The van der Waals surface area contributed by atoms with Gasteiger partial charge in [-0.2, -0.15) is 4.31 Å². The molecule has 132 valence electrons. The zero-order chi connectivity index (χ0) is 18.1. The fraction of sp³-hybridized carbons (Fsp3) is 0.467. The van der Waals surface area contributed by atoms with Crippen molar-refractivity contribution in [3.8, 4) is 5.75 Å². The Bertz CT molecular complexity index is 759. The number of esters is 1. The monoisotopic (exact) mass is 357 g/mol. The Morgan fingerprint density at radius 3 is 2.42 bits per heavy atom. The number of carboxylic acids is 1. The second kappa shape index (κ2) is 6.78. The lowest BCUT2D eigenvalue weighted by Crippen LogP contribution is -2.30. The van der Waals surface area contributed by atoms with Crippen LogP contribution in [0.1, 0.15) is 17.3 Å². The summed E-state index contributed by atoms with van der Waals surface area (Å²) < 4.78 is 36.6. The summed E-state index contributed by atoms with van der Waals surface area (Å²) in [6.45, 7) is 1.66. The lowest BCUT2D eigenvalue weighted by molar-refractivity contribution is -0.142. The van der Waals surface area contributed by atoms with E-state index < -0.39 is 27.9 Å². The van der Waals surface area contributed by atoms with Crippen molar-refractivity contribution in [2.45, 2.75) is 11.8 Å². The van der Waals surface area contributed by atoms with Crippen LogP contribution in [0.15, 0.2) is 23.1 Å². The van der Waals surface area contributed by atoms with Gasteiger partial charge in [-0.3, -0.25) is 4.79 Å². The van der Waals surface area contributed by atoms with Crippen LogP contribution < -0.4 is 4.74 Å². The van der Waals surface area contributed by atoms with Crippen LogP contribution in [0, 0.1) is 11.8 Å². The highest BCUT2D eigenvalue weighted by molar-refractivity contribution is 7.89. The van der Waals surface area contributed by atoms with Gasteiger partial charge < -0.3 is 14.6 Å². The molecule has 1 aliphatic heterocycles. The summed E-state index contributed by atoms with van der Waals surface area (Å²) in [7, 11) is -1.49. The molecule has 0 unspecified atom stereocenters. The van der Waals surface area contributed by atoms with E-state index in [1.165, 1.54) is 32.4 Å². The first-order valence-corrected chi connectivity index (χ1v) is 8.65. The molecular weight excluding hydrogens is 338 g/mol. The number of benzene rings is 1. The van der Waals surface area contributed by atoms with E-state index in [0.29, 0.717) is 0 Å². The minimum atomic E-state index is -4.01. The number of hydrogen-bond donors (Lipinski definition) is 1. The number of sulfonamides is 1. The Hall–Kier alpha value is -2.13. The zero-order valence-electron chi connectivity index (χ0n) is 13.6. The number of carbonyl (C=O) groups excluding carboxylic acids is 1. The highest BCUT2D eigenvalue weighted by Gasteiger charge is 2.41. The van der Waals surface area contributed by atoms with E-state index in [1.807, 2.05) is 0 Å². The normalized spacial score (nSPS) is 21.5. The summed E-state index contributed by atoms with van der Waals surface area (Å²) in [5, 5.41) is 9.18. The maximum Gasteiger partial charge on any atom is 0.337 e. The number of carboxylic acid groups (broad SMARTS) is 1. The molecule has 1 aliphatic rings. The molecule has 1 aromatic rings. The third-order valence-electron chi connectivity index (χ3n) is 4.10. The third kappa shape index (κ3) is 3.22. The van der Waals surface area contributed by atoms with Gasteiger partial charge in [0.2, 0.25) is 10.0 Å². The first-order chi connectivity index (χ1) is 11.2. The molecule has 0 aromatic heterocycles. The molecule has 0 saturated carbocycles. The van der Waals surface area contributed by atoms with Gasteiger partial charge >= 0.3 is 11.9 Å². The topological polar surface area (TPSA) is 110 Å². The molecule has 8 nitrogen and oxygen atoms in total. The average Bonchev–Trinajstić information content (AvgIpc) is 2.96. The standard InChI is InChI=1S/C15H19NO7S/c1-9-7-16(8-11(9)14(17)18)24(20,21)13-6-10(15(19)23-3)4-5-12(13)22-2/h4-6,9,11H,7-8H2,1-3H3,(H,17,18)/t9-,11-/m1/s1. The van der Waals surface area contributed by atoms with E-state index in [9.17, 15) is 23.1 Å². The molecule has 0 aliphatic carbocycles. The Morgan fingerprint density at radius 1 is 1.25 bits per heavy atom. The smallest absolute Gasteiger partial charge is 0.337 e. The van der Waals surface area contributed by atoms with Crippen LogP contribution in [0.25, 0.3) is 0 Å². The number of rotatable bonds is 5. The van der Waals surface area contributed by atoms with Crippen molar-refractivity contribution >= 4 is 22.0 Å². The SMILES string of the molecule is COC(=O)c1ccc(OC)c(S(=O)(=O)N2C[C@@H](C)[C@H](C(=O)O)C2)c1. The van der Waals surface area contributed by atoms with Crippen molar-refractivity contribution in [2.24, 2.45) is 11.8 Å². The largest absolute Gasteiger partial charge is 0.495 e. The van der Waals surface area contributed by atoms with Crippen LogP contribution in [0.4, 0.5) is 0 Å². The quantitative estimate of drug-likeness (QED) is 0.777. The summed E-state index contributed by atoms with van der Waals surface area (Å²) in [4.78, 5) is 22.7. The van der Waals surface area contributed by atoms with Gasteiger partial charge in [0.05, 0.1) is 25.7 Å². The molecule has 1 aromatic carbocycles. The Balaban J connectivity index is 2.45. The summed E-state index contributed by atoms with van der Waals surface area (Å²) in [5.74, 6) is -2.71. The fourth-order valence-corrected chi connectivity index (χ4v) is 4.45. The third-order valence-corrected chi connectivity index (χ3v) is 5.95. The number of methoxy groups -OCH3 is 2. The minimum Gasteiger partial charge on any atom is -0.495 e. The lowest BCUT2D eigenvalue weighted by atomic mass is 9.99. The molecule has 1 fully saturated rings. The van der Waals surface area contributed by atoms with Crippen molar-refractivity contribution in [1.82, 2.24) is 4.31 Å². The van der Waals surface area contributed by atoms with E-state index in [2.05, 4.69) is 4.74 Å². The number of hydrogen-bond acceptors (Lipinski definition) is 6. The molecular formula is C15H19NO7S. The predicted octanol–water partition coefficient (Wildman–Crippen LogP) is 0.823. The summed E-state index contributed by atoms with van der Waals surface area (Å²) >= 11 is 0. The van der Waals surface area contributed by atoms with Crippen LogP contribution in [-0.2, 0) is 19.6 Å². The Labute approximate surface area is 140 Å². The highest BCUT2D eigenvalue weighted by Crippen LogP contribution is 2.33. The Morgan fingerprint density at radius 2 is 1.92 bits per heavy atom. The molecule has 2 rings (SSSR count). The molecule has 0 bridgehead atoms. The first-order valence-electron chi connectivity index (χ1n) is 7.21. The summed E-state index contributed by atoms with van der Waals surface area (Å²) in [6.07, 6.45) is 0. The van der Waals surface area contributed by atoms with Gasteiger partial charge in [0.25, 0.3) is 0 Å². The van der Waals surface area contributed by atoms with Gasteiger partial charge in [0.15, 0.2) is 0 Å². The predicted molar refractivity (Wildman–Crippen MR) is 83.4 cm³/mol. The zero-order valence-corrected chi connectivity index (χ0v) is 14.4. The second-order valence-electron chi connectivity index (χ2n) is 5.60.